The average molecular weight is 591 g/mol. The summed E-state index contributed by atoms with van der Waals surface area (Å²) in [6.07, 6.45) is 4.10. The highest BCUT2D eigenvalue weighted by molar-refractivity contribution is 6.32. The molecule has 5 rings (SSSR count). The number of aromatic nitrogens is 2. The fourth-order valence-electron chi connectivity index (χ4n) is 4.72. The molecule has 4 aromatic rings. The third kappa shape index (κ3) is 6.28. The molecule has 218 valence electrons. The molecule has 1 aliphatic rings. The number of nitrogens with one attached hydrogen (secondary N) is 1. The van der Waals surface area contributed by atoms with Crippen LogP contribution in [0.5, 0.6) is 34.5 Å². The molecule has 1 saturated heterocycles. The number of fused-ring (bicyclic) bond motifs is 1. The predicted octanol–water partition coefficient (Wildman–Crippen LogP) is 6.40. The summed E-state index contributed by atoms with van der Waals surface area (Å²) >= 11 is 6.63. The first-order chi connectivity index (χ1) is 20.4. The van der Waals surface area contributed by atoms with Crippen LogP contribution in [-0.2, 0) is 4.79 Å². The van der Waals surface area contributed by atoms with Crippen LogP contribution in [0.4, 0.5) is 11.5 Å². The van der Waals surface area contributed by atoms with Crippen molar-refractivity contribution < 1.29 is 28.5 Å². The maximum Gasteiger partial charge on any atom is 0.245 e. The maximum absolute atomic E-state index is 12.0. The monoisotopic (exact) mass is 590 g/mol. The summed E-state index contributed by atoms with van der Waals surface area (Å²) in [5.41, 5.74) is 1.24. The quantitative estimate of drug-likeness (QED) is 0.210. The van der Waals surface area contributed by atoms with Crippen molar-refractivity contribution in [2.24, 2.45) is 0 Å². The van der Waals surface area contributed by atoms with E-state index in [0.29, 0.717) is 87.9 Å². The molecule has 1 aliphatic heterocycles. The summed E-state index contributed by atoms with van der Waals surface area (Å²) in [5, 5.41) is 4.40. The Bertz CT molecular complexity index is 1610. The predicted molar refractivity (Wildman–Crippen MR) is 161 cm³/mol. The molecule has 42 heavy (non-hydrogen) atoms. The highest BCUT2D eigenvalue weighted by Gasteiger charge is 2.24. The Morgan fingerprint density at radius 1 is 0.952 bits per heavy atom. The van der Waals surface area contributed by atoms with E-state index >= 15 is 0 Å². The standard InChI is InChI=1S/C31H31ClN4O6/c1-5-30(37)36-11-9-19(10-12-36)41-29-14-22-24(16-28(29)40-4)33-18-34-31(22)35-25-15-23(32)26(17-27(25)39-3)42-21-8-6-7-20(13-21)38-2/h5-8,13-19H,1,9-12H2,2-4H3,(H,33,34,35). The van der Waals surface area contributed by atoms with Crippen molar-refractivity contribution in [3.63, 3.8) is 0 Å². The van der Waals surface area contributed by atoms with E-state index in [1.54, 1.807) is 44.4 Å². The molecule has 0 unspecified atom stereocenters. The summed E-state index contributed by atoms with van der Waals surface area (Å²) in [6, 6.07) is 14.3. The highest BCUT2D eigenvalue weighted by atomic mass is 35.5. The summed E-state index contributed by atoms with van der Waals surface area (Å²) in [7, 11) is 4.74. The zero-order valence-corrected chi connectivity index (χ0v) is 24.3. The largest absolute Gasteiger partial charge is 0.497 e. The van der Waals surface area contributed by atoms with Gasteiger partial charge in [-0.25, -0.2) is 9.97 Å². The van der Waals surface area contributed by atoms with Gasteiger partial charge in [-0.2, -0.15) is 0 Å². The van der Waals surface area contributed by atoms with Gasteiger partial charge in [0.1, 0.15) is 41.2 Å². The molecule has 11 heteroatoms. The fourth-order valence-corrected chi connectivity index (χ4v) is 4.92. The lowest BCUT2D eigenvalue weighted by Crippen LogP contribution is -2.41. The number of hydrogen-bond acceptors (Lipinski definition) is 9. The molecule has 1 aromatic heterocycles. The number of benzene rings is 3. The Morgan fingerprint density at radius 2 is 1.71 bits per heavy atom. The SMILES string of the molecule is C=CC(=O)N1CCC(Oc2cc3c(Nc4cc(Cl)c(Oc5cccc(OC)c5)cc4OC)ncnc3cc2OC)CC1. The molecule has 10 nitrogen and oxygen atoms in total. The number of nitrogens with zero attached hydrogens (tertiary/aromatic N) is 3. The number of anilines is 2. The number of hydrogen-bond donors (Lipinski definition) is 1. The van der Waals surface area contributed by atoms with Crippen molar-refractivity contribution in [1.82, 2.24) is 14.9 Å². The first-order valence-corrected chi connectivity index (χ1v) is 13.7. The van der Waals surface area contributed by atoms with Crippen LogP contribution in [-0.4, -0.2) is 61.3 Å². The van der Waals surface area contributed by atoms with Gasteiger partial charge in [-0.05, 0) is 30.3 Å². The van der Waals surface area contributed by atoms with E-state index in [9.17, 15) is 4.79 Å². The van der Waals surface area contributed by atoms with Gasteiger partial charge in [0.25, 0.3) is 0 Å². The molecule has 2 heterocycles. The third-order valence-corrected chi connectivity index (χ3v) is 7.21. The number of likely N-dealkylation sites (tertiary alicyclic amines) is 1. The van der Waals surface area contributed by atoms with Crippen LogP contribution >= 0.6 is 11.6 Å². The van der Waals surface area contributed by atoms with Crippen molar-refractivity contribution in [2.45, 2.75) is 18.9 Å². The van der Waals surface area contributed by atoms with Gasteiger partial charge in [-0.3, -0.25) is 4.79 Å². The van der Waals surface area contributed by atoms with Crippen LogP contribution in [0.15, 0.2) is 67.5 Å². The minimum absolute atomic E-state index is 0.0694. The molecule has 0 saturated carbocycles. The average Bonchev–Trinajstić information content (AvgIpc) is 3.02. The Kier molecular flexibility index (Phi) is 8.83. The molecule has 0 radical (unpaired) electrons. The van der Waals surface area contributed by atoms with E-state index in [4.69, 9.17) is 35.3 Å². The lowest BCUT2D eigenvalue weighted by molar-refractivity contribution is -0.127. The molecule has 0 aliphatic carbocycles. The van der Waals surface area contributed by atoms with Crippen LogP contribution in [0, 0.1) is 0 Å². The van der Waals surface area contributed by atoms with Gasteiger partial charge in [-0.1, -0.05) is 24.2 Å². The minimum Gasteiger partial charge on any atom is -0.497 e. The number of ether oxygens (including phenoxy) is 5. The molecule has 0 spiro atoms. The van der Waals surface area contributed by atoms with Gasteiger partial charge >= 0.3 is 0 Å². The molecule has 1 fully saturated rings. The molecule has 3 aromatic carbocycles. The second kappa shape index (κ2) is 12.9. The smallest absolute Gasteiger partial charge is 0.245 e. The second-order valence-corrected chi connectivity index (χ2v) is 9.89. The van der Waals surface area contributed by atoms with Gasteiger partial charge in [0.05, 0.1) is 37.6 Å². The van der Waals surface area contributed by atoms with Crippen molar-refractivity contribution in [1.29, 1.82) is 0 Å². The van der Waals surface area contributed by atoms with E-state index in [1.165, 1.54) is 12.4 Å². The van der Waals surface area contributed by atoms with Gasteiger partial charge in [0, 0.05) is 49.5 Å². The van der Waals surface area contributed by atoms with Gasteiger partial charge in [0.2, 0.25) is 5.91 Å². The Morgan fingerprint density at radius 3 is 2.43 bits per heavy atom. The summed E-state index contributed by atoms with van der Waals surface area (Å²) < 4.78 is 28.9. The Hall–Kier alpha value is -4.70. The van der Waals surface area contributed by atoms with E-state index in [0.717, 1.165) is 0 Å². The topological polar surface area (TPSA) is 104 Å². The molecule has 1 amide bonds. The van der Waals surface area contributed by atoms with Gasteiger partial charge in [0.15, 0.2) is 11.5 Å². The number of carbonyl (C=O) groups is 1. The van der Waals surface area contributed by atoms with E-state index in [2.05, 4.69) is 21.9 Å². The summed E-state index contributed by atoms with van der Waals surface area (Å²) in [4.78, 5) is 22.6. The summed E-state index contributed by atoms with van der Waals surface area (Å²) in [5.74, 6) is 3.71. The van der Waals surface area contributed by atoms with Crippen LogP contribution in [0.2, 0.25) is 5.02 Å². The first kappa shape index (κ1) is 28.8. The molecule has 0 atom stereocenters. The lowest BCUT2D eigenvalue weighted by Gasteiger charge is -2.31. The van der Waals surface area contributed by atoms with Crippen LogP contribution in [0.3, 0.4) is 0 Å². The van der Waals surface area contributed by atoms with E-state index < -0.39 is 0 Å². The fraction of sp³-hybridized carbons (Fsp3) is 0.258. The number of carbonyl (C=O) groups excluding carboxylic acids is 1. The zero-order valence-electron chi connectivity index (χ0n) is 23.6. The van der Waals surface area contributed by atoms with Crippen LogP contribution in [0.1, 0.15) is 12.8 Å². The molecule has 1 N–H and O–H groups in total. The van der Waals surface area contributed by atoms with Gasteiger partial charge in [-0.15, -0.1) is 0 Å². The van der Waals surface area contributed by atoms with E-state index in [-0.39, 0.29) is 12.0 Å². The molecule has 0 bridgehead atoms. The minimum atomic E-state index is -0.0812. The van der Waals surface area contributed by atoms with Crippen LogP contribution < -0.4 is 29.0 Å². The zero-order chi connectivity index (χ0) is 29.6. The maximum atomic E-state index is 12.0. The van der Waals surface area contributed by atoms with Crippen molar-refractivity contribution in [2.75, 3.05) is 39.7 Å². The van der Waals surface area contributed by atoms with Crippen molar-refractivity contribution in [3.05, 3.63) is 72.5 Å². The molecular weight excluding hydrogens is 560 g/mol. The number of methoxy groups -OCH3 is 3. The van der Waals surface area contributed by atoms with Crippen molar-refractivity contribution in [3.8, 4) is 34.5 Å². The lowest BCUT2D eigenvalue weighted by atomic mass is 10.1. The van der Waals surface area contributed by atoms with E-state index in [1.807, 2.05) is 30.3 Å². The van der Waals surface area contributed by atoms with Crippen molar-refractivity contribution >= 4 is 39.9 Å². The molecular formula is C31H31ClN4O6. The number of rotatable bonds is 10. The van der Waals surface area contributed by atoms with Crippen LogP contribution in [0.25, 0.3) is 10.9 Å². The number of halogens is 1. The summed E-state index contributed by atoms with van der Waals surface area (Å²) in [6.45, 7) is 4.77. The number of amides is 1. The normalized spacial score (nSPS) is 13.4. The highest BCUT2D eigenvalue weighted by Crippen LogP contribution is 2.41. The Balaban J connectivity index is 1.41. The third-order valence-electron chi connectivity index (χ3n) is 6.92. The van der Waals surface area contributed by atoms with Gasteiger partial charge < -0.3 is 33.9 Å². The second-order valence-electron chi connectivity index (χ2n) is 9.48. The number of piperidine rings is 1. The first-order valence-electron chi connectivity index (χ1n) is 13.3. The Labute approximate surface area is 248 Å².